The van der Waals surface area contributed by atoms with Crippen LogP contribution in [0, 0.1) is 5.92 Å². The Balaban J connectivity index is 3.95. The molecule has 0 aromatic heterocycles. The lowest BCUT2D eigenvalue weighted by molar-refractivity contribution is -0.143. The van der Waals surface area contributed by atoms with E-state index in [1.165, 1.54) is 0 Å². The van der Waals surface area contributed by atoms with E-state index in [2.05, 4.69) is 5.32 Å². The summed E-state index contributed by atoms with van der Waals surface area (Å²) in [5.74, 6) is -1.42. The molecule has 5 nitrogen and oxygen atoms in total. The van der Waals surface area contributed by atoms with Crippen molar-refractivity contribution < 1.29 is 19.4 Å². The molecule has 0 saturated heterocycles. The van der Waals surface area contributed by atoms with Crippen molar-refractivity contribution in [3.63, 3.8) is 0 Å². The molecular weight excluding hydrogens is 198 g/mol. The van der Waals surface area contributed by atoms with Crippen LogP contribution in [0.2, 0.25) is 0 Å². The number of carboxylic acid groups (broad SMARTS) is 1. The van der Waals surface area contributed by atoms with Crippen LogP contribution in [0.4, 0.5) is 0 Å². The van der Waals surface area contributed by atoms with Crippen LogP contribution in [0.25, 0.3) is 0 Å². The Kier molecular flexibility index (Phi) is 6.70. The first-order valence-corrected chi connectivity index (χ1v) is 5.09. The molecule has 0 radical (unpaired) electrons. The average molecular weight is 217 g/mol. The molecule has 0 aliphatic rings. The first kappa shape index (κ1) is 13.9. The monoisotopic (exact) mass is 217 g/mol. The van der Waals surface area contributed by atoms with Gasteiger partial charge in [0.2, 0.25) is 5.91 Å². The van der Waals surface area contributed by atoms with Gasteiger partial charge >= 0.3 is 5.97 Å². The summed E-state index contributed by atoms with van der Waals surface area (Å²) in [5, 5.41) is 11.3. The van der Waals surface area contributed by atoms with Gasteiger partial charge in [-0.05, 0) is 12.8 Å². The van der Waals surface area contributed by atoms with E-state index in [9.17, 15) is 9.59 Å². The molecule has 0 rings (SSSR count). The van der Waals surface area contributed by atoms with Crippen molar-refractivity contribution >= 4 is 11.9 Å². The maximum Gasteiger partial charge on any atom is 0.326 e. The lowest BCUT2D eigenvalue weighted by Gasteiger charge is -2.17. The van der Waals surface area contributed by atoms with Gasteiger partial charge in [-0.25, -0.2) is 4.79 Å². The second kappa shape index (κ2) is 7.23. The van der Waals surface area contributed by atoms with Crippen molar-refractivity contribution in [1.82, 2.24) is 5.32 Å². The molecule has 0 bridgehead atoms. The van der Waals surface area contributed by atoms with E-state index in [-0.39, 0.29) is 18.2 Å². The molecule has 0 unspecified atom stereocenters. The van der Waals surface area contributed by atoms with Gasteiger partial charge in [-0.1, -0.05) is 13.8 Å². The molecule has 2 N–H and O–H groups in total. The summed E-state index contributed by atoms with van der Waals surface area (Å²) in [5.41, 5.74) is 0. The fourth-order valence-electron chi connectivity index (χ4n) is 1.07. The molecule has 15 heavy (non-hydrogen) atoms. The number of nitrogens with one attached hydrogen (secondary N) is 1. The standard InChI is InChI=1S/C10H19NO4/c1-4-15-6-5-8(12)11-9(7(2)3)10(13)14/h7,9H,4-6H2,1-3H3,(H,11,12)(H,13,14)/t9-/m0/s1. The van der Waals surface area contributed by atoms with Gasteiger partial charge in [0.05, 0.1) is 6.61 Å². The fourth-order valence-corrected chi connectivity index (χ4v) is 1.07. The highest BCUT2D eigenvalue weighted by atomic mass is 16.5. The zero-order valence-electron chi connectivity index (χ0n) is 9.45. The molecule has 1 atom stereocenters. The number of hydrogen-bond acceptors (Lipinski definition) is 3. The molecule has 0 aromatic rings. The zero-order chi connectivity index (χ0) is 11.8. The zero-order valence-corrected chi connectivity index (χ0v) is 9.45. The van der Waals surface area contributed by atoms with Crippen LogP contribution in [0.5, 0.6) is 0 Å². The maximum atomic E-state index is 11.3. The minimum atomic E-state index is -1.00. The smallest absolute Gasteiger partial charge is 0.326 e. The van der Waals surface area contributed by atoms with E-state index in [1.54, 1.807) is 13.8 Å². The number of rotatable bonds is 7. The highest BCUT2D eigenvalue weighted by Gasteiger charge is 2.22. The van der Waals surface area contributed by atoms with Crippen LogP contribution in [-0.4, -0.2) is 36.2 Å². The molecular formula is C10H19NO4. The molecule has 0 fully saturated rings. The van der Waals surface area contributed by atoms with E-state index in [0.717, 1.165) is 0 Å². The molecule has 0 saturated carbocycles. The van der Waals surface area contributed by atoms with Gasteiger partial charge in [0.25, 0.3) is 0 Å². The summed E-state index contributed by atoms with van der Waals surface area (Å²) in [4.78, 5) is 22.0. The number of hydrogen-bond donors (Lipinski definition) is 2. The van der Waals surface area contributed by atoms with Gasteiger partial charge in [-0.3, -0.25) is 4.79 Å². The van der Waals surface area contributed by atoms with Crippen molar-refractivity contribution in [3.8, 4) is 0 Å². The van der Waals surface area contributed by atoms with Crippen LogP contribution in [0.1, 0.15) is 27.2 Å². The minimum absolute atomic E-state index is 0.126. The molecule has 0 spiro atoms. The lowest BCUT2D eigenvalue weighted by atomic mass is 10.0. The van der Waals surface area contributed by atoms with Crippen LogP contribution < -0.4 is 5.32 Å². The van der Waals surface area contributed by atoms with Crippen molar-refractivity contribution in [2.45, 2.75) is 33.2 Å². The summed E-state index contributed by atoms with van der Waals surface area (Å²) in [6.07, 6.45) is 0.199. The molecule has 0 aliphatic carbocycles. The summed E-state index contributed by atoms with van der Waals surface area (Å²) < 4.78 is 5.00. The SMILES string of the molecule is CCOCCC(=O)N[C@H](C(=O)O)C(C)C. The third kappa shape index (κ3) is 6.06. The molecule has 5 heteroatoms. The normalized spacial score (nSPS) is 12.5. The third-order valence-electron chi connectivity index (χ3n) is 1.93. The predicted molar refractivity (Wildman–Crippen MR) is 55.5 cm³/mol. The van der Waals surface area contributed by atoms with E-state index in [4.69, 9.17) is 9.84 Å². The topological polar surface area (TPSA) is 75.6 Å². The van der Waals surface area contributed by atoms with E-state index >= 15 is 0 Å². The largest absolute Gasteiger partial charge is 0.480 e. The first-order valence-electron chi connectivity index (χ1n) is 5.09. The lowest BCUT2D eigenvalue weighted by Crippen LogP contribution is -2.44. The number of carbonyl (C=O) groups excluding carboxylic acids is 1. The van der Waals surface area contributed by atoms with E-state index in [1.807, 2.05) is 6.92 Å². The number of ether oxygens (including phenoxy) is 1. The maximum absolute atomic E-state index is 11.3. The Bertz CT molecular complexity index is 215. The van der Waals surface area contributed by atoms with E-state index < -0.39 is 12.0 Å². The average Bonchev–Trinajstić information content (AvgIpc) is 2.13. The van der Waals surface area contributed by atoms with Crippen LogP contribution in [0.15, 0.2) is 0 Å². The Labute approximate surface area is 89.8 Å². The van der Waals surface area contributed by atoms with Gasteiger partial charge < -0.3 is 15.2 Å². The van der Waals surface area contributed by atoms with Crippen molar-refractivity contribution in [1.29, 1.82) is 0 Å². The van der Waals surface area contributed by atoms with Gasteiger partial charge in [0.15, 0.2) is 0 Å². The highest BCUT2D eigenvalue weighted by molar-refractivity contribution is 5.83. The summed E-state index contributed by atoms with van der Waals surface area (Å²) in [6, 6.07) is -0.820. The number of aliphatic carboxylic acids is 1. The Morgan fingerprint density at radius 3 is 2.40 bits per heavy atom. The highest BCUT2D eigenvalue weighted by Crippen LogP contribution is 2.01. The Morgan fingerprint density at radius 1 is 1.40 bits per heavy atom. The number of carbonyl (C=O) groups is 2. The van der Waals surface area contributed by atoms with Gasteiger partial charge in [-0.2, -0.15) is 0 Å². The summed E-state index contributed by atoms with van der Waals surface area (Å²) in [6.45, 7) is 6.22. The fraction of sp³-hybridized carbons (Fsp3) is 0.800. The van der Waals surface area contributed by atoms with Gasteiger partial charge in [-0.15, -0.1) is 0 Å². The minimum Gasteiger partial charge on any atom is -0.480 e. The van der Waals surface area contributed by atoms with Crippen LogP contribution in [0.3, 0.4) is 0 Å². The van der Waals surface area contributed by atoms with E-state index in [0.29, 0.717) is 13.2 Å². The second-order valence-electron chi connectivity index (χ2n) is 3.57. The third-order valence-corrected chi connectivity index (χ3v) is 1.93. The molecule has 0 heterocycles. The molecule has 0 aromatic carbocycles. The Morgan fingerprint density at radius 2 is 2.00 bits per heavy atom. The molecule has 1 amide bonds. The first-order chi connectivity index (χ1) is 6.99. The van der Waals surface area contributed by atoms with Crippen LogP contribution in [-0.2, 0) is 14.3 Å². The number of carboxylic acids is 1. The van der Waals surface area contributed by atoms with Crippen molar-refractivity contribution in [2.75, 3.05) is 13.2 Å². The van der Waals surface area contributed by atoms with Crippen LogP contribution >= 0.6 is 0 Å². The molecule has 88 valence electrons. The van der Waals surface area contributed by atoms with Crippen molar-refractivity contribution in [3.05, 3.63) is 0 Å². The van der Waals surface area contributed by atoms with Gasteiger partial charge in [0.1, 0.15) is 6.04 Å². The second-order valence-corrected chi connectivity index (χ2v) is 3.57. The number of amides is 1. The predicted octanol–water partition coefficient (Wildman–Crippen LogP) is 0.638. The summed E-state index contributed by atoms with van der Waals surface area (Å²) >= 11 is 0. The molecule has 0 aliphatic heterocycles. The quantitative estimate of drug-likeness (QED) is 0.613. The summed E-state index contributed by atoms with van der Waals surface area (Å²) in [7, 11) is 0. The van der Waals surface area contributed by atoms with Crippen molar-refractivity contribution in [2.24, 2.45) is 5.92 Å². The Hall–Kier alpha value is -1.10. The van der Waals surface area contributed by atoms with Gasteiger partial charge in [0, 0.05) is 13.0 Å².